The molecule has 1 fully saturated rings. The summed E-state index contributed by atoms with van der Waals surface area (Å²) in [7, 11) is 0. The number of benzene rings is 2. The highest BCUT2D eigenvalue weighted by Gasteiger charge is 2.18. The molecule has 1 saturated heterocycles. The van der Waals surface area contributed by atoms with E-state index >= 15 is 0 Å². The standard InChI is InChI=1S/C27H34N4O2/c1-2-28-27(31-15-13-23(14-16-31)22-9-4-3-5-10-22)30-19-21-8-6-11-24(18-21)26(32)29-20-25-12-7-17-33-25/h3-6,8-11,13,18,25H,2,7,12,14-17,19-20H2,1H3,(H,28,30)(H,29,32). The summed E-state index contributed by atoms with van der Waals surface area (Å²) in [4.78, 5) is 19.7. The summed E-state index contributed by atoms with van der Waals surface area (Å²) >= 11 is 0. The van der Waals surface area contributed by atoms with Crippen LogP contribution in [0.4, 0.5) is 0 Å². The van der Waals surface area contributed by atoms with Crippen LogP contribution >= 0.6 is 0 Å². The van der Waals surface area contributed by atoms with Crippen LogP contribution in [0.2, 0.25) is 0 Å². The highest BCUT2D eigenvalue weighted by molar-refractivity contribution is 5.94. The van der Waals surface area contributed by atoms with Crippen molar-refractivity contribution in [2.45, 2.75) is 38.8 Å². The van der Waals surface area contributed by atoms with Crippen LogP contribution in [-0.2, 0) is 11.3 Å². The minimum absolute atomic E-state index is 0.0576. The van der Waals surface area contributed by atoms with Crippen LogP contribution in [0, 0.1) is 0 Å². The quantitative estimate of drug-likeness (QED) is 0.501. The molecule has 4 rings (SSSR count). The molecule has 33 heavy (non-hydrogen) atoms. The minimum Gasteiger partial charge on any atom is -0.376 e. The summed E-state index contributed by atoms with van der Waals surface area (Å²) in [6, 6.07) is 18.3. The maximum atomic E-state index is 12.6. The molecule has 0 bridgehead atoms. The number of amides is 1. The van der Waals surface area contributed by atoms with Crippen molar-refractivity contribution in [3.63, 3.8) is 0 Å². The Hall–Kier alpha value is -3.12. The van der Waals surface area contributed by atoms with Gasteiger partial charge in [-0.15, -0.1) is 0 Å². The van der Waals surface area contributed by atoms with Crippen LogP contribution in [0.15, 0.2) is 65.7 Å². The topological polar surface area (TPSA) is 66.0 Å². The van der Waals surface area contributed by atoms with E-state index in [0.29, 0.717) is 18.7 Å². The molecule has 2 heterocycles. The molecular weight excluding hydrogens is 412 g/mol. The number of nitrogens with one attached hydrogen (secondary N) is 2. The number of hydrogen-bond donors (Lipinski definition) is 2. The predicted octanol–water partition coefficient (Wildman–Crippen LogP) is 3.85. The van der Waals surface area contributed by atoms with Crippen molar-refractivity contribution in [3.8, 4) is 0 Å². The molecule has 0 saturated carbocycles. The van der Waals surface area contributed by atoms with Gasteiger partial charge in [0.15, 0.2) is 5.96 Å². The molecule has 0 aromatic heterocycles. The van der Waals surface area contributed by atoms with Gasteiger partial charge in [0.05, 0.1) is 12.6 Å². The Morgan fingerprint density at radius 1 is 1.15 bits per heavy atom. The predicted molar refractivity (Wildman–Crippen MR) is 133 cm³/mol. The normalized spacial score (nSPS) is 18.7. The Bertz CT molecular complexity index is 981. The van der Waals surface area contributed by atoms with E-state index in [1.54, 1.807) is 0 Å². The van der Waals surface area contributed by atoms with E-state index < -0.39 is 0 Å². The Labute approximate surface area is 196 Å². The van der Waals surface area contributed by atoms with Gasteiger partial charge in [-0.2, -0.15) is 0 Å². The lowest BCUT2D eigenvalue weighted by molar-refractivity contribution is 0.0857. The fourth-order valence-electron chi connectivity index (χ4n) is 4.29. The zero-order valence-electron chi connectivity index (χ0n) is 19.4. The van der Waals surface area contributed by atoms with Crippen molar-refractivity contribution < 1.29 is 9.53 Å². The highest BCUT2D eigenvalue weighted by atomic mass is 16.5. The van der Waals surface area contributed by atoms with Gasteiger partial charge in [-0.25, -0.2) is 4.99 Å². The molecule has 2 aromatic carbocycles. The second kappa shape index (κ2) is 11.7. The largest absolute Gasteiger partial charge is 0.376 e. The maximum Gasteiger partial charge on any atom is 0.251 e. The SMILES string of the molecule is CCNC(=NCc1cccc(C(=O)NCC2CCCO2)c1)N1CC=C(c2ccccc2)CC1. The van der Waals surface area contributed by atoms with Crippen LogP contribution in [0.3, 0.4) is 0 Å². The summed E-state index contributed by atoms with van der Waals surface area (Å²) < 4.78 is 5.59. The lowest BCUT2D eigenvalue weighted by Crippen LogP contribution is -2.43. The van der Waals surface area contributed by atoms with E-state index in [9.17, 15) is 4.79 Å². The minimum atomic E-state index is -0.0576. The van der Waals surface area contributed by atoms with Crippen LogP contribution < -0.4 is 10.6 Å². The molecule has 0 aliphatic carbocycles. The Morgan fingerprint density at radius 2 is 2.03 bits per heavy atom. The monoisotopic (exact) mass is 446 g/mol. The van der Waals surface area contributed by atoms with Crippen molar-refractivity contribution in [3.05, 3.63) is 77.4 Å². The Balaban J connectivity index is 1.37. The fraction of sp³-hybridized carbons (Fsp3) is 0.407. The molecule has 6 heteroatoms. The molecule has 1 unspecified atom stereocenters. The van der Waals surface area contributed by atoms with E-state index in [-0.39, 0.29) is 12.0 Å². The number of ether oxygens (including phenoxy) is 1. The molecule has 1 amide bonds. The fourth-order valence-corrected chi connectivity index (χ4v) is 4.29. The summed E-state index contributed by atoms with van der Waals surface area (Å²) in [6.07, 6.45) is 5.52. The van der Waals surface area contributed by atoms with Crippen molar-refractivity contribution in [2.75, 3.05) is 32.8 Å². The van der Waals surface area contributed by atoms with Gasteiger partial charge < -0.3 is 20.3 Å². The van der Waals surface area contributed by atoms with Crippen LogP contribution in [0.5, 0.6) is 0 Å². The number of guanidine groups is 1. The van der Waals surface area contributed by atoms with Gasteiger partial charge >= 0.3 is 0 Å². The Morgan fingerprint density at radius 3 is 2.76 bits per heavy atom. The first-order chi connectivity index (χ1) is 16.2. The molecule has 6 nitrogen and oxygen atoms in total. The molecule has 2 aliphatic heterocycles. The van der Waals surface area contributed by atoms with Gasteiger partial charge in [0.25, 0.3) is 5.91 Å². The molecule has 1 atom stereocenters. The summed E-state index contributed by atoms with van der Waals surface area (Å²) in [5.41, 5.74) is 4.38. The molecule has 174 valence electrons. The first-order valence-electron chi connectivity index (χ1n) is 12.0. The second-order valence-corrected chi connectivity index (χ2v) is 8.51. The van der Waals surface area contributed by atoms with Crippen molar-refractivity contribution in [1.82, 2.24) is 15.5 Å². The molecular formula is C27H34N4O2. The second-order valence-electron chi connectivity index (χ2n) is 8.51. The van der Waals surface area contributed by atoms with Gasteiger partial charge in [0, 0.05) is 38.3 Å². The van der Waals surface area contributed by atoms with E-state index in [0.717, 1.165) is 57.0 Å². The summed E-state index contributed by atoms with van der Waals surface area (Å²) in [6.45, 7) is 6.56. The van der Waals surface area contributed by atoms with Crippen molar-refractivity contribution >= 4 is 17.4 Å². The zero-order chi connectivity index (χ0) is 22.9. The Kier molecular flexibility index (Phi) is 8.14. The van der Waals surface area contributed by atoms with Crippen LogP contribution in [0.1, 0.15) is 47.7 Å². The van der Waals surface area contributed by atoms with E-state index in [4.69, 9.17) is 9.73 Å². The number of hydrogen-bond acceptors (Lipinski definition) is 3. The molecule has 2 N–H and O–H groups in total. The smallest absolute Gasteiger partial charge is 0.251 e. The third kappa shape index (κ3) is 6.45. The molecule has 0 radical (unpaired) electrons. The lowest BCUT2D eigenvalue weighted by atomic mass is 10.00. The van der Waals surface area contributed by atoms with E-state index in [2.05, 4.69) is 58.9 Å². The number of nitrogens with zero attached hydrogens (tertiary/aromatic N) is 2. The van der Waals surface area contributed by atoms with Crippen LogP contribution in [-0.4, -0.2) is 55.7 Å². The van der Waals surface area contributed by atoms with Gasteiger partial charge in [0.2, 0.25) is 0 Å². The average molecular weight is 447 g/mol. The number of rotatable bonds is 7. The van der Waals surface area contributed by atoms with E-state index in [1.807, 2.05) is 24.3 Å². The van der Waals surface area contributed by atoms with E-state index in [1.165, 1.54) is 11.1 Å². The highest BCUT2D eigenvalue weighted by Crippen LogP contribution is 2.22. The molecule has 2 aliphatic rings. The van der Waals surface area contributed by atoms with Gasteiger partial charge in [0.1, 0.15) is 0 Å². The maximum absolute atomic E-state index is 12.6. The number of aliphatic imine (C=N–C) groups is 1. The van der Waals surface area contributed by atoms with Crippen molar-refractivity contribution in [1.29, 1.82) is 0 Å². The van der Waals surface area contributed by atoms with Gasteiger partial charge in [-0.1, -0.05) is 48.5 Å². The molecule has 2 aromatic rings. The lowest BCUT2D eigenvalue weighted by Gasteiger charge is -2.30. The molecule has 0 spiro atoms. The summed E-state index contributed by atoms with van der Waals surface area (Å²) in [5.74, 6) is 0.854. The first kappa shape index (κ1) is 23.1. The third-order valence-electron chi connectivity index (χ3n) is 6.10. The summed E-state index contributed by atoms with van der Waals surface area (Å²) in [5, 5.41) is 6.42. The van der Waals surface area contributed by atoms with Gasteiger partial charge in [-0.3, -0.25) is 4.79 Å². The first-order valence-corrected chi connectivity index (χ1v) is 12.0. The number of carbonyl (C=O) groups excluding carboxylic acids is 1. The number of carbonyl (C=O) groups is 1. The van der Waals surface area contributed by atoms with Gasteiger partial charge in [-0.05, 0) is 55.0 Å². The zero-order valence-corrected chi connectivity index (χ0v) is 19.4. The third-order valence-corrected chi connectivity index (χ3v) is 6.10. The van der Waals surface area contributed by atoms with Crippen molar-refractivity contribution in [2.24, 2.45) is 4.99 Å². The average Bonchev–Trinajstić information content (AvgIpc) is 3.40. The van der Waals surface area contributed by atoms with Crippen LogP contribution in [0.25, 0.3) is 5.57 Å².